The number of phenols is 1. The fourth-order valence-corrected chi connectivity index (χ4v) is 6.11. The van der Waals surface area contributed by atoms with Gasteiger partial charge in [-0.25, -0.2) is 13.2 Å². The number of nitrogens with zero attached hydrogens (tertiary/aromatic N) is 2. The van der Waals surface area contributed by atoms with E-state index in [-0.39, 0.29) is 47.7 Å². The minimum absolute atomic E-state index is 0.0101. The van der Waals surface area contributed by atoms with Crippen LogP contribution in [0.2, 0.25) is 0 Å². The molecule has 1 unspecified atom stereocenters. The Morgan fingerprint density at radius 3 is 2.47 bits per heavy atom. The summed E-state index contributed by atoms with van der Waals surface area (Å²) in [6.45, 7) is 5.35. The van der Waals surface area contributed by atoms with Crippen LogP contribution in [0.25, 0.3) is 0 Å². The Morgan fingerprint density at radius 1 is 1.04 bits per heavy atom. The molecule has 45 heavy (non-hydrogen) atoms. The molecule has 0 radical (unpaired) electrons. The van der Waals surface area contributed by atoms with Crippen LogP contribution in [0.4, 0.5) is 16.2 Å². The highest BCUT2D eigenvalue weighted by atomic mass is 32.2. The van der Waals surface area contributed by atoms with Crippen molar-refractivity contribution in [1.82, 2.24) is 15.1 Å². The molecular formula is C31H45N5O8S. The van der Waals surface area contributed by atoms with E-state index in [1.165, 1.54) is 18.2 Å². The lowest BCUT2D eigenvalue weighted by molar-refractivity contribution is -0.149. The quantitative estimate of drug-likeness (QED) is 0.0943. The molecule has 2 aromatic rings. The van der Waals surface area contributed by atoms with Crippen molar-refractivity contribution in [2.24, 2.45) is 5.92 Å². The first kappa shape index (κ1) is 34.1. The van der Waals surface area contributed by atoms with E-state index in [1.807, 2.05) is 17.0 Å². The molecule has 248 valence electrons. The fraction of sp³-hybridized carbons (Fsp3) is 0.548. The van der Waals surface area contributed by atoms with Gasteiger partial charge in [-0.3, -0.25) is 9.52 Å². The van der Waals surface area contributed by atoms with E-state index in [0.717, 1.165) is 49.6 Å². The van der Waals surface area contributed by atoms with E-state index in [1.54, 1.807) is 11.8 Å². The monoisotopic (exact) mass is 647 g/mol. The maximum absolute atomic E-state index is 13.1. The molecule has 2 amide bonds. The predicted molar refractivity (Wildman–Crippen MR) is 171 cm³/mol. The van der Waals surface area contributed by atoms with Gasteiger partial charge in [0.2, 0.25) is 16.3 Å². The van der Waals surface area contributed by atoms with Crippen molar-refractivity contribution in [2.45, 2.75) is 51.4 Å². The van der Waals surface area contributed by atoms with Gasteiger partial charge in [-0.15, -0.1) is 0 Å². The van der Waals surface area contributed by atoms with Crippen LogP contribution in [0.15, 0.2) is 42.5 Å². The van der Waals surface area contributed by atoms with Crippen LogP contribution in [-0.2, 0) is 26.0 Å². The van der Waals surface area contributed by atoms with Crippen LogP contribution >= 0.6 is 0 Å². The Kier molecular flexibility index (Phi) is 12.1. The van der Waals surface area contributed by atoms with Gasteiger partial charge < -0.3 is 40.1 Å². The second-order valence-corrected chi connectivity index (χ2v) is 13.3. The van der Waals surface area contributed by atoms with Gasteiger partial charge in [-0.2, -0.15) is 0 Å². The van der Waals surface area contributed by atoms with E-state index < -0.39 is 16.3 Å². The van der Waals surface area contributed by atoms with Crippen LogP contribution in [0.1, 0.15) is 38.2 Å². The number of esters is 1. The number of aromatic hydroxyl groups is 1. The lowest BCUT2D eigenvalue weighted by Crippen LogP contribution is -2.52. The Balaban J connectivity index is 1.13. The molecule has 0 aliphatic carbocycles. The summed E-state index contributed by atoms with van der Waals surface area (Å²) in [7, 11) is -3.58. The molecule has 0 bridgehead atoms. The minimum Gasteiger partial charge on any atom is -0.506 e. The Hall–Kier alpha value is -3.75. The van der Waals surface area contributed by atoms with E-state index in [9.17, 15) is 28.2 Å². The number of ether oxygens (including phenoxy) is 2. The number of rotatable bonds is 13. The van der Waals surface area contributed by atoms with Gasteiger partial charge in [0.05, 0.1) is 31.0 Å². The number of anilines is 2. The van der Waals surface area contributed by atoms with Crippen molar-refractivity contribution in [1.29, 1.82) is 0 Å². The summed E-state index contributed by atoms with van der Waals surface area (Å²) in [5.74, 6) is -0.487. The number of amides is 2. The highest BCUT2D eigenvalue weighted by Gasteiger charge is 2.33. The second kappa shape index (κ2) is 16.0. The third-order valence-electron chi connectivity index (χ3n) is 7.85. The lowest BCUT2D eigenvalue weighted by atomic mass is 9.98. The minimum atomic E-state index is -3.58. The number of hydrogen-bond acceptors (Lipinski definition) is 10. The van der Waals surface area contributed by atoms with E-state index in [2.05, 4.69) is 27.5 Å². The molecule has 2 aliphatic rings. The number of phenolic OH excluding ortho intramolecular Hbond substituents is 1. The fourth-order valence-electron chi connectivity index (χ4n) is 5.55. The van der Waals surface area contributed by atoms with Crippen LogP contribution in [0.5, 0.6) is 11.5 Å². The first-order valence-electron chi connectivity index (χ1n) is 15.4. The number of carbonyl (C=O) groups excluding carboxylic acids is 2. The zero-order valence-corrected chi connectivity index (χ0v) is 26.7. The molecule has 2 atom stereocenters. The normalized spacial score (nSPS) is 18.2. The number of aliphatic hydroxyl groups is 1. The number of sulfonamides is 1. The molecule has 14 heteroatoms. The molecule has 2 fully saturated rings. The van der Waals surface area contributed by atoms with Gasteiger partial charge >= 0.3 is 12.0 Å². The molecule has 2 saturated heterocycles. The number of carbonyl (C=O) groups is 2. The third kappa shape index (κ3) is 10.7. The summed E-state index contributed by atoms with van der Waals surface area (Å²) in [6.07, 6.45) is 3.80. The molecule has 0 saturated carbocycles. The number of hydrogen-bond donors (Lipinski definition) is 5. The van der Waals surface area contributed by atoms with Crippen molar-refractivity contribution >= 4 is 33.4 Å². The molecule has 13 nitrogen and oxygen atoms in total. The average Bonchev–Trinajstić information content (AvgIpc) is 3.01. The van der Waals surface area contributed by atoms with Crippen molar-refractivity contribution in [2.75, 3.05) is 62.2 Å². The van der Waals surface area contributed by atoms with Gasteiger partial charge in [0.15, 0.2) is 0 Å². The summed E-state index contributed by atoms with van der Waals surface area (Å²) in [5, 5.41) is 26.8. The van der Waals surface area contributed by atoms with Crippen LogP contribution in [-0.4, -0.2) is 105 Å². The van der Waals surface area contributed by atoms with Crippen LogP contribution < -0.4 is 20.1 Å². The maximum atomic E-state index is 13.1. The number of benzene rings is 2. The van der Waals surface area contributed by atoms with Crippen LogP contribution in [0, 0.1) is 5.92 Å². The first-order valence-corrected chi connectivity index (χ1v) is 17.3. The molecule has 2 aromatic carbocycles. The van der Waals surface area contributed by atoms with Gasteiger partial charge in [0, 0.05) is 44.0 Å². The third-order valence-corrected chi connectivity index (χ3v) is 8.44. The van der Waals surface area contributed by atoms with E-state index in [0.29, 0.717) is 39.3 Å². The smallest absolute Gasteiger partial charge is 0.320 e. The molecule has 0 aromatic heterocycles. The lowest BCUT2D eigenvalue weighted by Gasteiger charge is -2.39. The van der Waals surface area contributed by atoms with Crippen molar-refractivity contribution in [3.05, 3.63) is 48.0 Å². The number of nitrogens with one attached hydrogen (secondary N) is 3. The van der Waals surface area contributed by atoms with Gasteiger partial charge in [0.1, 0.15) is 11.5 Å². The summed E-state index contributed by atoms with van der Waals surface area (Å²) < 4.78 is 35.7. The van der Waals surface area contributed by atoms with Crippen molar-refractivity contribution in [3.63, 3.8) is 0 Å². The summed E-state index contributed by atoms with van der Waals surface area (Å²) in [5.41, 5.74) is 2.11. The Bertz CT molecular complexity index is 1380. The first-order chi connectivity index (χ1) is 21.5. The summed E-state index contributed by atoms with van der Waals surface area (Å²) >= 11 is 0. The Labute approximate surface area is 264 Å². The molecule has 0 spiro atoms. The predicted octanol–water partition coefficient (Wildman–Crippen LogP) is 2.56. The molecular weight excluding hydrogens is 602 g/mol. The highest BCUT2D eigenvalue weighted by Crippen LogP contribution is 2.29. The van der Waals surface area contributed by atoms with Crippen molar-refractivity contribution < 1.29 is 37.7 Å². The van der Waals surface area contributed by atoms with Gasteiger partial charge in [-0.1, -0.05) is 12.1 Å². The van der Waals surface area contributed by atoms with Gasteiger partial charge in [-0.05, 0) is 75.4 Å². The van der Waals surface area contributed by atoms with Crippen molar-refractivity contribution in [3.8, 4) is 11.5 Å². The largest absolute Gasteiger partial charge is 0.506 e. The second-order valence-electron chi connectivity index (χ2n) is 11.5. The SMILES string of the molecule is CCOC(=O)C1CCCN(C(=O)N2CCC(Nc3ccc(CCNC[C@@H](O)Oc4ccc(O)c(NS(C)(=O)=O)c4)cc3)CC2)C1. The standard InChI is InChI=1S/C31H45N5O8S/c1-3-43-30(39)23-5-4-16-36(21-23)31(40)35-17-13-25(14-18-35)33-24-8-6-22(7-9-24)12-15-32-20-29(38)44-26-10-11-28(37)27(19-26)34-45(2,41)42/h6-11,19,23,25,29,32-34,37-38H,3-5,12-18,20-21H2,1-2H3/t23?,29-/m0/s1. The molecule has 2 heterocycles. The average molecular weight is 648 g/mol. The summed E-state index contributed by atoms with van der Waals surface area (Å²) in [6, 6.07) is 12.5. The van der Waals surface area contributed by atoms with E-state index >= 15 is 0 Å². The topological polar surface area (TPSA) is 170 Å². The Morgan fingerprint density at radius 2 is 1.78 bits per heavy atom. The summed E-state index contributed by atoms with van der Waals surface area (Å²) in [4.78, 5) is 28.9. The van der Waals surface area contributed by atoms with E-state index in [4.69, 9.17) is 9.47 Å². The molecule has 5 N–H and O–H groups in total. The number of aliphatic hydroxyl groups excluding tert-OH is 1. The van der Waals surface area contributed by atoms with Gasteiger partial charge in [0.25, 0.3) is 0 Å². The number of likely N-dealkylation sites (tertiary alicyclic amines) is 2. The highest BCUT2D eigenvalue weighted by molar-refractivity contribution is 7.92. The van der Waals surface area contributed by atoms with Crippen LogP contribution in [0.3, 0.4) is 0 Å². The number of piperidine rings is 2. The maximum Gasteiger partial charge on any atom is 0.320 e. The number of urea groups is 1. The molecule has 4 rings (SSSR count). The zero-order valence-electron chi connectivity index (χ0n) is 25.9. The zero-order chi connectivity index (χ0) is 32.4. The molecule has 2 aliphatic heterocycles.